The van der Waals surface area contributed by atoms with Gasteiger partial charge in [0.05, 0.1) is 12.2 Å². The van der Waals surface area contributed by atoms with Gasteiger partial charge in [0.15, 0.2) is 0 Å². The fourth-order valence-corrected chi connectivity index (χ4v) is 7.60. The minimum atomic E-state index is -0.248. The molecule has 3 saturated carbocycles. The van der Waals surface area contributed by atoms with Crippen molar-refractivity contribution in [1.29, 1.82) is 0 Å². The van der Waals surface area contributed by atoms with E-state index in [1.807, 2.05) is 0 Å². The third kappa shape index (κ3) is 2.43. The molecule has 0 amide bonds. The van der Waals surface area contributed by atoms with Crippen molar-refractivity contribution in [3.8, 4) is 0 Å². The molecule has 4 aliphatic carbocycles. The SMILES string of the molecule is C/C=C1\C(O)CC2C3CC=C4CC(N(C)C)C(O)CC4(C)C3CCC12C. The first-order chi connectivity index (χ1) is 12.2. The molecule has 4 rings (SSSR count). The minimum Gasteiger partial charge on any atom is -0.391 e. The van der Waals surface area contributed by atoms with E-state index in [9.17, 15) is 10.2 Å². The lowest BCUT2D eigenvalue weighted by Crippen LogP contribution is -2.54. The van der Waals surface area contributed by atoms with Gasteiger partial charge in [-0.1, -0.05) is 31.6 Å². The molecule has 2 N–H and O–H groups in total. The Kier molecular flexibility index (Phi) is 4.45. The van der Waals surface area contributed by atoms with E-state index in [0.717, 1.165) is 25.7 Å². The summed E-state index contributed by atoms with van der Waals surface area (Å²) >= 11 is 0. The molecule has 0 spiro atoms. The van der Waals surface area contributed by atoms with Gasteiger partial charge in [-0.3, -0.25) is 0 Å². The Morgan fingerprint density at radius 1 is 1.15 bits per heavy atom. The molecule has 8 unspecified atom stereocenters. The van der Waals surface area contributed by atoms with Crippen LogP contribution >= 0.6 is 0 Å². The molecule has 0 aromatic heterocycles. The highest BCUT2D eigenvalue weighted by molar-refractivity contribution is 5.32. The van der Waals surface area contributed by atoms with E-state index >= 15 is 0 Å². The summed E-state index contributed by atoms with van der Waals surface area (Å²) in [5, 5.41) is 21.6. The third-order valence-electron chi connectivity index (χ3n) is 8.99. The smallest absolute Gasteiger partial charge is 0.0758 e. The van der Waals surface area contributed by atoms with E-state index in [1.165, 1.54) is 18.4 Å². The van der Waals surface area contributed by atoms with Crippen molar-refractivity contribution >= 4 is 0 Å². The second-order valence-electron chi connectivity index (χ2n) is 10.2. The molecule has 0 saturated heterocycles. The highest BCUT2D eigenvalue weighted by atomic mass is 16.3. The molecular weight excluding hydrogens is 322 g/mol. The van der Waals surface area contributed by atoms with Crippen LogP contribution in [0.1, 0.15) is 59.3 Å². The van der Waals surface area contributed by atoms with Crippen LogP contribution in [0.3, 0.4) is 0 Å². The Bertz CT molecular complexity index is 638. The van der Waals surface area contributed by atoms with Crippen molar-refractivity contribution in [3.05, 3.63) is 23.3 Å². The van der Waals surface area contributed by atoms with Crippen LogP contribution in [0.15, 0.2) is 23.3 Å². The summed E-state index contributed by atoms with van der Waals surface area (Å²) in [6, 6.07) is 0.252. The van der Waals surface area contributed by atoms with Gasteiger partial charge in [-0.15, -0.1) is 0 Å². The predicted molar refractivity (Wildman–Crippen MR) is 106 cm³/mol. The lowest BCUT2D eigenvalue weighted by atomic mass is 9.47. The number of rotatable bonds is 1. The second kappa shape index (κ2) is 6.18. The fraction of sp³-hybridized carbons (Fsp3) is 0.826. The number of likely N-dealkylation sites (N-methyl/N-ethyl adjacent to an activating group) is 1. The summed E-state index contributed by atoms with van der Waals surface area (Å²) in [6.45, 7) is 6.92. The molecule has 4 aliphatic rings. The van der Waals surface area contributed by atoms with Gasteiger partial charge >= 0.3 is 0 Å². The van der Waals surface area contributed by atoms with Gasteiger partial charge in [-0.25, -0.2) is 0 Å². The highest BCUT2D eigenvalue weighted by Gasteiger charge is 2.59. The van der Waals surface area contributed by atoms with Crippen LogP contribution in [0.5, 0.6) is 0 Å². The number of hydrogen-bond donors (Lipinski definition) is 2. The molecular formula is C23H37NO2. The number of aliphatic hydroxyl groups is 2. The first kappa shape index (κ1) is 18.7. The molecule has 146 valence electrons. The van der Waals surface area contributed by atoms with Gasteiger partial charge in [-0.05, 0) is 93.7 Å². The summed E-state index contributed by atoms with van der Waals surface area (Å²) in [4.78, 5) is 2.20. The molecule has 26 heavy (non-hydrogen) atoms. The van der Waals surface area contributed by atoms with Crippen molar-refractivity contribution in [1.82, 2.24) is 4.90 Å². The van der Waals surface area contributed by atoms with Crippen LogP contribution in [-0.4, -0.2) is 47.5 Å². The van der Waals surface area contributed by atoms with Gasteiger partial charge < -0.3 is 15.1 Å². The van der Waals surface area contributed by atoms with Crippen molar-refractivity contribution in [2.45, 2.75) is 77.5 Å². The van der Waals surface area contributed by atoms with E-state index in [1.54, 1.807) is 5.57 Å². The van der Waals surface area contributed by atoms with E-state index < -0.39 is 0 Å². The van der Waals surface area contributed by atoms with Crippen molar-refractivity contribution in [2.24, 2.45) is 28.6 Å². The van der Waals surface area contributed by atoms with Crippen LogP contribution in [0.2, 0.25) is 0 Å². The van der Waals surface area contributed by atoms with E-state index in [4.69, 9.17) is 0 Å². The first-order valence-electron chi connectivity index (χ1n) is 10.6. The third-order valence-corrected chi connectivity index (χ3v) is 8.99. The summed E-state index contributed by atoms with van der Waals surface area (Å²) in [7, 11) is 4.18. The van der Waals surface area contributed by atoms with E-state index in [2.05, 4.69) is 51.9 Å². The number of nitrogens with zero attached hydrogens (tertiary/aromatic N) is 1. The molecule has 3 fully saturated rings. The predicted octanol–water partition coefficient (Wildman–Crippen LogP) is 3.77. The van der Waals surface area contributed by atoms with Crippen LogP contribution in [0.25, 0.3) is 0 Å². The largest absolute Gasteiger partial charge is 0.391 e. The van der Waals surface area contributed by atoms with Gasteiger partial charge in [0, 0.05) is 6.04 Å². The number of fused-ring (bicyclic) bond motifs is 5. The number of hydrogen-bond acceptors (Lipinski definition) is 3. The normalized spacial score (nSPS) is 52.5. The lowest BCUT2D eigenvalue weighted by Gasteiger charge is -2.58. The fourth-order valence-electron chi connectivity index (χ4n) is 7.60. The molecule has 3 heteroatoms. The van der Waals surface area contributed by atoms with Crippen LogP contribution < -0.4 is 0 Å². The lowest BCUT2D eigenvalue weighted by molar-refractivity contribution is -0.0572. The van der Waals surface area contributed by atoms with Crippen LogP contribution in [0, 0.1) is 28.6 Å². The van der Waals surface area contributed by atoms with Gasteiger partial charge in [0.1, 0.15) is 0 Å². The maximum Gasteiger partial charge on any atom is 0.0758 e. The van der Waals surface area contributed by atoms with Gasteiger partial charge in [-0.2, -0.15) is 0 Å². The average Bonchev–Trinajstić information content (AvgIpc) is 2.83. The molecule has 0 heterocycles. The maximum absolute atomic E-state index is 10.9. The summed E-state index contributed by atoms with van der Waals surface area (Å²) < 4.78 is 0. The summed E-state index contributed by atoms with van der Waals surface area (Å²) in [5.74, 6) is 1.89. The molecule has 0 aromatic rings. The average molecular weight is 360 g/mol. The highest BCUT2D eigenvalue weighted by Crippen LogP contribution is 2.66. The molecule has 3 nitrogen and oxygen atoms in total. The Hall–Kier alpha value is -0.640. The molecule has 0 aromatic carbocycles. The first-order valence-corrected chi connectivity index (χ1v) is 10.6. The molecule has 0 radical (unpaired) electrons. The van der Waals surface area contributed by atoms with Crippen molar-refractivity contribution in [2.75, 3.05) is 14.1 Å². The topological polar surface area (TPSA) is 43.7 Å². The standard InChI is InChI=1S/C23H37NO2/c1-6-16-20(25)12-18-15-8-7-14-11-19(24(4)5)21(26)13-23(14,3)17(15)9-10-22(16,18)2/h6-7,15,17-21,25-26H,8-13H2,1-5H3/b16-6+. The zero-order valence-electron chi connectivity index (χ0n) is 17.2. The molecule has 0 aliphatic heterocycles. The summed E-state index contributed by atoms with van der Waals surface area (Å²) in [5.41, 5.74) is 3.20. The van der Waals surface area contributed by atoms with E-state index in [0.29, 0.717) is 17.8 Å². The van der Waals surface area contributed by atoms with Crippen molar-refractivity contribution in [3.63, 3.8) is 0 Å². The van der Waals surface area contributed by atoms with Gasteiger partial charge in [0.2, 0.25) is 0 Å². The Balaban J connectivity index is 1.67. The zero-order valence-corrected chi connectivity index (χ0v) is 17.2. The maximum atomic E-state index is 10.9. The number of allylic oxidation sites excluding steroid dienone is 2. The quantitative estimate of drug-likeness (QED) is 0.701. The van der Waals surface area contributed by atoms with Crippen molar-refractivity contribution < 1.29 is 10.2 Å². The Labute approximate surface area is 159 Å². The Morgan fingerprint density at radius 2 is 1.88 bits per heavy atom. The summed E-state index contributed by atoms with van der Waals surface area (Å²) in [6.07, 6.45) is 10.6. The second-order valence-corrected chi connectivity index (χ2v) is 10.2. The molecule has 0 bridgehead atoms. The zero-order chi connectivity index (χ0) is 18.9. The monoisotopic (exact) mass is 359 g/mol. The van der Waals surface area contributed by atoms with E-state index in [-0.39, 0.29) is 29.1 Å². The number of aliphatic hydroxyl groups excluding tert-OH is 2. The molecule has 8 atom stereocenters. The van der Waals surface area contributed by atoms with Crippen LogP contribution in [0.4, 0.5) is 0 Å². The van der Waals surface area contributed by atoms with Crippen LogP contribution in [-0.2, 0) is 0 Å². The minimum absolute atomic E-state index is 0.139. The van der Waals surface area contributed by atoms with Gasteiger partial charge in [0.25, 0.3) is 0 Å². The Morgan fingerprint density at radius 3 is 2.54 bits per heavy atom.